The van der Waals surface area contributed by atoms with E-state index in [1.165, 1.54) is 21.6 Å². The highest BCUT2D eigenvalue weighted by molar-refractivity contribution is 7.99. The Labute approximate surface area is 122 Å². The van der Waals surface area contributed by atoms with Crippen LogP contribution in [-0.4, -0.2) is 77.5 Å². The molecule has 7 nitrogen and oxygen atoms in total. The summed E-state index contributed by atoms with van der Waals surface area (Å²) in [6.07, 6.45) is 0. The average Bonchev–Trinajstić information content (AvgIpc) is 2.45. The lowest BCUT2D eigenvalue weighted by Gasteiger charge is -2.36. The molecule has 0 aromatic carbocycles. The summed E-state index contributed by atoms with van der Waals surface area (Å²) in [5.74, 6) is -0.336. The van der Waals surface area contributed by atoms with E-state index in [1.54, 1.807) is 21.0 Å². The molecule has 3 amide bonds. The van der Waals surface area contributed by atoms with Crippen LogP contribution < -0.4 is 5.32 Å². The number of urea groups is 1. The molecule has 2 unspecified atom stereocenters. The summed E-state index contributed by atoms with van der Waals surface area (Å²) in [6, 6.07) is -1.13. The molecule has 1 rings (SSSR count). The maximum atomic E-state index is 12.3. The second kappa shape index (κ2) is 7.37. The molecule has 114 valence electrons. The van der Waals surface area contributed by atoms with E-state index in [-0.39, 0.29) is 24.4 Å². The normalized spacial score (nSPS) is 20.1. The third kappa shape index (κ3) is 4.03. The molecule has 1 saturated heterocycles. The third-order valence-electron chi connectivity index (χ3n) is 3.23. The standard InChI is InChI=1S/C12H21N3O4S/c1-8(10(16)13-2)6-14(3)12(19)15-4-5-20-7-9(15)11(17)18/h8-9H,4-7H2,1-3H3,(H,13,16)(H,17,18). The van der Waals surface area contributed by atoms with Gasteiger partial charge in [0.2, 0.25) is 5.91 Å². The molecule has 0 aliphatic carbocycles. The molecule has 2 N–H and O–H groups in total. The zero-order chi connectivity index (χ0) is 15.3. The van der Waals surface area contributed by atoms with Crippen molar-refractivity contribution in [3.63, 3.8) is 0 Å². The highest BCUT2D eigenvalue weighted by atomic mass is 32.2. The first-order valence-corrected chi connectivity index (χ1v) is 7.57. The van der Waals surface area contributed by atoms with E-state index in [0.717, 1.165) is 5.75 Å². The predicted octanol–water partition coefficient (Wildman–Crippen LogP) is -0.0777. The lowest BCUT2D eigenvalue weighted by atomic mass is 10.1. The molecule has 1 aliphatic rings. The lowest BCUT2D eigenvalue weighted by Crippen LogP contribution is -2.55. The third-order valence-corrected chi connectivity index (χ3v) is 4.25. The van der Waals surface area contributed by atoms with Crippen LogP contribution in [0.2, 0.25) is 0 Å². The number of carboxylic acid groups (broad SMARTS) is 1. The second-order valence-electron chi connectivity index (χ2n) is 4.80. The van der Waals surface area contributed by atoms with Crippen LogP contribution in [0.25, 0.3) is 0 Å². The molecule has 8 heteroatoms. The van der Waals surface area contributed by atoms with Gasteiger partial charge in [0.15, 0.2) is 0 Å². The van der Waals surface area contributed by atoms with E-state index in [9.17, 15) is 14.4 Å². The number of hydrogen-bond acceptors (Lipinski definition) is 4. The van der Waals surface area contributed by atoms with Gasteiger partial charge in [0, 0.05) is 38.7 Å². The Morgan fingerprint density at radius 3 is 2.70 bits per heavy atom. The number of nitrogens with zero attached hydrogens (tertiary/aromatic N) is 2. The maximum Gasteiger partial charge on any atom is 0.327 e. The topological polar surface area (TPSA) is 90.0 Å². The number of amides is 3. The van der Waals surface area contributed by atoms with Crippen molar-refractivity contribution in [2.45, 2.75) is 13.0 Å². The largest absolute Gasteiger partial charge is 0.480 e. The Balaban J connectivity index is 2.67. The number of nitrogens with one attached hydrogen (secondary N) is 1. The fourth-order valence-electron chi connectivity index (χ4n) is 2.07. The molecule has 1 heterocycles. The number of carbonyl (C=O) groups excluding carboxylic acids is 2. The molecular weight excluding hydrogens is 282 g/mol. The monoisotopic (exact) mass is 303 g/mol. The van der Waals surface area contributed by atoms with Gasteiger partial charge in [0.25, 0.3) is 0 Å². The fourth-order valence-corrected chi connectivity index (χ4v) is 3.11. The van der Waals surface area contributed by atoms with Crippen LogP contribution >= 0.6 is 11.8 Å². The van der Waals surface area contributed by atoms with Crippen LogP contribution in [-0.2, 0) is 9.59 Å². The number of thioether (sulfide) groups is 1. The summed E-state index contributed by atoms with van der Waals surface area (Å²) in [5, 5.41) is 11.7. The Morgan fingerprint density at radius 1 is 1.50 bits per heavy atom. The van der Waals surface area contributed by atoms with E-state index >= 15 is 0 Å². The molecule has 1 aliphatic heterocycles. The van der Waals surface area contributed by atoms with Gasteiger partial charge in [0.05, 0.1) is 5.92 Å². The molecule has 0 radical (unpaired) electrons. The van der Waals surface area contributed by atoms with Crippen molar-refractivity contribution < 1.29 is 19.5 Å². The quantitative estimate of drug-likeness (QED) is 0.758. The van der Waals surface area contributed by atoms with Crippen molar-refractivity contribution in [2.75, 3.05) is 38.7 Å². The van der Waals surface area contributed by atoms with Crippen LogP contribution in [0.3, 0.4) is 0 Å². The highest BCUT2D eigenvalue weighted by Crippen LogP contribution is 2.18. The first kappa shape index (κ1) is 16.6. The molecule has 0 aromatic heterocycles. The average molecular weight is 303 g/mol. The lowest BCUT2D eigenvalue weighted by molar-refractivity contribution is -0.141. The van der Waals surface area contributed by atoms with Crippen molar-refractivity contribution in [3.05, 3.63) is 0 Å². The van der Waals surface area contributed by atoms with E-state index in [1.807, 2.05) is 0 Å². The predicted molar refractivity (Wildman–Crippen MR) is 76.7 cm³/mol. The smallest absolute Gasteiger partial charge is 0.327 e. The van der Waals surface area contributed by atoms with E-state index < -0.39 is 12.0 Å². The fraction of sp³-hybridized carbons (Fsp3) is 0.750. The molecule has 20 heavy (non-hydrogen) atoms. The number of aliphatic carboxylic acids is 1. The first-order valence-electron chi connectivity index (χ1n) is 6.42. The number of rotatable bonds is 4. The highest BCUT2D eigenvalue weighted by Gasteiger charge is 2.34. The maximum absolute atomic E-state index is 12.3. The van der Waals surface area contributed by atoms with Gasteiger partial charge in [-0.15, -0.1) is 0 Å². The van der Waals surface area contributed by atoms with E-state index in [0.29, 0.717) is 12.3 Å². The number of carbonyl (C=O) groups is 3. The van der Waals surface area contributed by atoms with Gasteiger partial charge in [-0.25, -0.2) is 9.59 Å². The van der Waals surface area contributed by atoms with Gasteiger partial charge in [-0.3, -0.25) is 4.79 Å². The summed E-state index contributed by atoms with van der Waals surface area (Å²) in [4.78, 5) is 37.7. The molecular formula is C12H21N3O4S. The van der Waals surface area contributed by atoms with E-state index in [4.69, 9.17) is 5.11 Å². The second-order valence-corrected chi connectivity index (χ2v) is 5.95. The molecule has 1 fully saturated rings. The van der Waals surface area contributed by atoms with Gasteiger partial charge >= 0.3 is 12.0 Å². The van der Waals surface area contributed by atoms with Crippen LogP contribution in [0.15, 0.2) is 0 Å². The van der Waals surface area contributed by atoms with Crippen LogP contribution in [0, 0.1) is 5.92 Å². The van der Waals surface area contributed by atoms with Gasteiger partial charge in [-0.1, -0.05) is 6.92 Å². The minimum Gasteiger partial charge on any atom is -0.480 e. The van der Waals surface area contributed by atoms with Crippen LogP contribution in [0.1, 0.15) is 6.92 Å². The number of hydrogen-bond donors (Lipinski definition) is 2. The molecule has 2 atom stereocenters. The Morgan fingerprint density at radius 2 is 2.15 bits per heavy atom. The van der Waals surface area contributed by atoms with Crippen molar-refractivity contribution in [1.29, 1.82) is 0 Å². The Hall–Kier alpha value is -1.44. The van der Waals surface area contributed by atoms with Gasteiger partial charge in [-0.05, 0) is 0 Å². The molecule has 0 saturated carbocycles. The minimum absolute atomic E-state index is 0.145. The van der Waals surface area contributed by atoms with Crippen molar-refractivity contribution >= 4 is 29.7 Å². The van der Waals surface area contributed by atoms with Crippen molar-refractivity contribution in [2.24, 2.45) is 5.92 Å². The van der Waals surface area contributed by atoms with Crippen LogP contribution in [0.5, 0.6) is 0 Å². The summed E-state index contributed by atoms with van der Waals surface area (Å²) in [6.45, 7) is 2.40. The Kier molecular flexibility index (Phi) is 6.12. The SMILES string of the molecule is CNC(=O)C(C)CN(C)C(=O)N1CCSCC1C(=O)O. The Bertz CT molecular complexity index is 391. The summed E-state index contributed by atoms with van der Waals surface area (Å²) in [5.41, 5.74) is 0. The zero-order valence-electron chi connectivity index (χ0n) is 12.0. The molecule has 0 spiro atoms. The molecule has 0 aromatic rings. The van der Waals surface area contributed by atoms with Crippen molar-refractivity contribution in [3.8, 4) is 0 Å². The van der Waals surface area contributed by atoms with Gasteiger partial charge < -0.3 is 20.2 Å². The van der Waals surface area contributed by atoms with Crippen molar-refractivity contribution in [1.82, 2.24) is 15.1 Å². The number of carboxylic acids is 1. The van der Waals surface area contributed by atoms with Gasteiger partial charge in [0.1, 0.15) is 6.04 Å². The first-order chi connectivity index (χ1) is 9.38. The zero-order valence-corrected chi connectivity index (χ0v) is 12.8. The summed E-state index contributed by atoms with van der Waals surface area (Å²) in [7, 11) is 3.13. The molecule has 0 bridgehead atoms. The van der Waals surface area contributed by atoms with Gasteiger partial charge in [-0.2, -0.15) is 11.8 Å². The minimum atomic E-state index is -0.988. The summed E-state index contributed by atoms with van der Waals surface area (Å²) >= 11 is 1.53. The van der Waals surface area contributed by atoms with E-state index in [2.05, 4.69) is 5.32 Å². The summed E-state index contributed by atoms with van der Waals surface area (Å²) < 4.78 is 0. The van der Waals surface area contributed by atoms with Crippen LogP contribution in [0.4, 0.5) is 4.79 Å².